The minimum Gasteiger partial charge on any atom is -0.495 e. The number of ether oxygens (including phenoxy) is 1. The van der Waals surface area contributed by atoms with E-state index in [0.29, 0.717) is 16.7 Å². The third kappa shape index (κ3) is 5.18. The molecule has 0 radical (unpaired) electrons. The molecule has 4 rings (SSSR count). The molecule has 4 aromatic rings. The van der Waals surface area contributed by atoms with Crippen LogP contribution in [0.1, 0.15) is 5.56 Å². The van der Waals surface area contributed by atoms with Crippen molar-refractivity contribution in [1.82, 2.24) is 9.13 Å². The summed E-state index contributed by atoms with van der Waals surface area (Å²) >= 11 is 6.16. The lowest BCUT2D eigenvalue weighted by molar-refractivity contribution is -0.385. The van der Waals surface area contributed by atoms with Crippen LogP contribution in [0.15, 0.2) is 64.3 Å². The minimum atomic E-state index is -4.53. The Morgan fingerprint density at radius 2 is 1.77 bits per heavy atom. The van der Waals surface area contributed by atoms with Gasteiger partial charge in [0.05, 0.1) is 33.6 Å². The van der Waals surface area contributed by atoms with Crippen LogP contribution < -0.4 is 20.0 Å². The van der Waals surface area contributed by atoms with E-state index in [1.54, 1.807) is 32.3 Å². The largest absolute Gasteiger partial charge is 0.495 e. The molecule has 1 heterocycles. The quantitative estimate of drug-likeness (QED) is 0.250. The van der Waals surface area contributed by atoms with Crippen molar-refractivity contribution in [2.45, 2.75) is 11.8 Å². The molecule has 0 spiro atoms. The molecule has 0 atom stereocenters. The Labute approximate surface area is 228 Å². The molecule has 0 saturated heterocycles. The number of benzene rings is 3. The molecule has 3 aromatic carbocycles. The van der Waals surface area contributed by atoms with Gasteiger partial charge in [-0.1, -0.05) is 17.7 Å². The molecule has 0 aliphatic rings. The molecule has 1 amide bonds. The first-order valence-corrected chi connectivity index (χ1v) is 13.2. The average Bonchev–Trinajstić information content (AvgIpc) is 3.10. The highest BCUT2D eigenvalue weighted by molar-refractivity contribution is 7.92. The molecular formula is C25H24ClN5O7S. The third-order valence-electron chi connectivity index (χ3n) is 6.22. The van der Waals surface area contributed by atoms with Crippen molar-refractivity contribution in [3.63, 3.8) is 0 Å². The number of imidazole rings is 1. The molecule has 0 unspecified atom stereocenters. The van der Waals surface area contributed by atoms with Crippen molar-refractivity contribution >= 4 is 55.6 Å². The van der Waals surface area contributed by atoms with Gasteiger partial charge in [0.1, 0.15) is 12.3 Å². The van der Waals surface area contributed by atoms with Crippen molar-refractivity contribution in [3.8, 4) is 5.75 Å². The van der Waals surface area contributed by atoms with Gasteiger partial charge in [-0.3, -0.25) is 28.3 Å². The summed E-state index contributed by atoms with van der Waals surface area (Å²) in [6.45, 7) is 0.769. The van der Waals surface area contributed by atoms with E-state index in [9.17, 15) is 28.1 Å². The number of nitro groups is 1. The number of nitrogens with zero attached hydrogens (tertiary/aromatic N) is 4. The minimum absolute atomic E-state index is 0.0377. The Balaban J connectivity index is 1.77. The Bertz CT molecular complexity index is 1800. The van der Waals surface area contributed by atoms with Gasteiger partial charge in [0.25, 0.3) is 15.7 Å². The predicted octanol–water partition coefficient (Wildman–Crippen LogP) is 3.59. The SMILES string of the molecule is COc1ccc(Cl)cc1N(CC(=O)Nc1ccc2c(c1)n(C)c(=O)n2C)S(=O)(=O)c1ccc(C)c([N+](=O)[O-])c1. The van der Waals surface area contributed by atoms with Gasteiger partial charge < -0.3 is 10.1 Å². The fourth-order valence-electron chi connectivity index (χ4n) is 4.15. The number of carbonyl (C=O) groups is 1. The first-order valence-electron chi connectivity index (χ1n) is 11.4. The molecule has 0 fully saturated rings. The maximum Gasteiger partial charge on any atom is 0.328 e. The van der Waals surface area contributed by atoms with Crippen molar-refractivity contribution in [2.75, 3.05) is 23.3 Å². The van der Waals surface area contributed by atoms with E-state index in [2.05, 4.69) is 5.32 Å². The van der Waals surface area contributed by atoms with Crippen LogP contribution in [0.25, 0.3) is 11.0 Å². The molecule has 0 saturated carbocycles. The summed E-state index contributed by atoms with van der Waals surface area (Å²) in [5.41, 5.74) is 1.14. The number of nitro benzene ring substituents is 1. The summed E-state index contributed by atoms with van der Waals surface area (Å²) in [6.07, 6.45) is 0. The number of sulfonamides is 1. The van der Waals surface area contributed by atoms with Crippen LogP contribution in [0.4, 0.5) is 17.1 Å². The number of anilines is 2. The van der Waals surface area contributed by atoms with Gasteiger partial charge in [0.2, 0.25) is 5.91 Å². The number of aromatic nitrogens is 2. The predicted molar refractivity (Wildman–Crippen MR) is 147 cm³/mol. The maximum atomic E-state index is 13.8. The number of hydrogen-bond donors (Lipinski definition) is 1. The molecule has 1 N–H and O–H groups in total. The van der Waals surface area contributed by atoms with Gasteiger partial charge in [-0.25, -0.2) is 13.2 Å². The second kappa shape index (κ2) is 10.4. The van der Waals surface area contributed by atoms with Gasteiger partial charge in [-0.15, -0.1) is 0 Å². The Hall–Kier alpha value is -4.36. The first kappa shape index (κ1) is 27.7. The molecule has 204 valence electrons. The fraction of sp³-hybridized carbons (Fsp3) is 0.200. The van der Waals surface area contributed by atoms with E-state index >= 15 is 0 Å². The molecule has 1 aromatic heterocycles. The molecule has 14 heteroatoms. The molecule has 0 aliphatic carbocycles. The summed E-state index contributed by atoms with van der Waals surface area (Å²) in [5, 5.41) is 14.3. The van der Waals surface area contributed by atoms with E-state index < -0.39 is 32.3 Å². The van der Waals surface area contributed by atoms with Crippen LogP contribution in [0.5, 0.6) is 5.75 Å². The number of fused-ring (bicyclic) bond motifs is 1. The normalized spacial score (nSPS) is 11.4. The zero-order valence-corrected chi connectivity index (χ0v) is 22.9. The lowest BCUT2D eigenvalue weighted by Crippen LogP contribution is -2.38. The zero-order chi connectivity index (χ0) is 28.6. The van der Waals surface area contributed by atoms with Crippen molar-refractivity contribution in [1.29, 1.82) is 0 Å². The van der Waals surface area contributed by atoms with Crippen LogP contribution in [-0.4, -0.2) is 42.0 Å². The maximum absolute atomic E-state index is 13.8. The summed E-state index contributed by atoms with van der Waals surface area (Å²) in [4.78, 5) is 35.9. The van der Waals surface area contributed by atoms with Crippen molar-refractivity contribution in [3.05, 3.63) is 85.8 Å². The number of rotatable bonds is 8. The number of nitrogens with one attached hydrogen (secondary N) is 1. The number of amides is 1. The Morgan fingerprint density at radius 1 is 1.08 bits per heavy atom. The summed E-state index contributed by atoms with van der Waals surface area (Å²) in [5.74, 6) is -0.611. The summed E-state index contributed by atoms with van der Waals surface area (Å²) in [6, 6.07) is 12.6. The monoisotopic (exact) mass is 573 g/mol. The van der Waals surface area contributed by atoms with Crippen LogP contribution in [-0.2, 0) is 28.9 Å². The van der Waals surface area contributed by atoms with Gasteiger partial charge in [0.15, 0.2) is 0 Å². The van der Waals surface area contributed by atoms with Gasteiger partial charge >= 0.3 is 5.69 Å². The third-order valence-corrected chi connectivity index (χ3v) is 8.21. The zero-order valence-electron chi connectivity index (χ0n) is 21.3. The fourth-order valence-corrected chi connectivity index (χ4v) is 5.76. The Kier molecular flexibility index (Phi) is 7.39. The second-order valence-corrected chi connectivity index (χ2v) is 11.0. The van der Waals surface area contributed by atoms with E-state index in [0.717, 1.165) is 10.4 Å². The van der Waals surface area contributed by atoms with E-state index in [1.807, 2.05) is 0 Å². The number of halogens is 1. The smallest absolute Gasteiger partial charge is 0.328 e. The van der Waals surface area contributed by atoms with Crippen molar-refractivity contribution in [2.24, 2.45) is 14.1 Å². The molecule has 39 heavy (non-hydrogen) atoms. The van der Waals surface area contributed by atoms with Crippen LogP contribution in [0, 0.1) is 17.0 Å². The van der Waals surface area contributed by atoms with E-state index in [-0.39, 0.29) is 33.4 Å². The number of carbonyl (C=O) groups excluding carboxylic acids is 1. The molecule has 0 bridgehead atoms. The number of hydrogen-bond acceptors (Lipinski definition) is 7. The van der Waals surface area contributed by atoms with Gasteiger partial charge in [0, 0.05) is 36.4 Å². The highest BCUT2D eigenvalue weighted by atomic mass is 35.5. The van der Waals surface area contributed by atoms with Gasteiger partial charge in [-0.05, 0) is 49.4 Å². The van der Waals surface area contributed by atoms with Crippen LogP contribution >= 0.6 is 11.6 Å². The molecular weight excluding hydrogens is 550 g/mol. The summed E-state index contributed by atoms with van der Waals surface area (Å²) in [7, 11) is 0.0189. The highest BCUT2D eigenvalue weighted by Crippen LogP contribution is 2.36. The number of methoxy groups -OCH3 is 1. The lowest BCUT2D eigenvalue weighted by atomic mass is 10.2. The van der Waals surface area contributed by atoms with Crippen molar-refractivity contribution < 1.29 is 22.9 Å². The van der Waals surface area contributed by atoms with E-state index in [4.69, 9.17) is 16.3 Å². The topological polar surface area (TPSA) is 146 Å². The van der Waals surface area contributed by atoms with Gasteiger partial charge in [-0.2, -0.15) is 0 Å². The van der Waals surface area contributed by atoms with Crippen LogP contribution in [0.3, 0.4) is 0 Å². The Morgan fingerprint density at radius 3 is 2.44 bits per heavy atom. The second-order valence-electron chi connectivity index (χ2n) is 8.69. The highest BCUT2D eigenvalue weighted by Gasteiger charge is 2.31. The summed E-state index contributed by atoms with van der Waals surface area (Å²) < 4.78 is 36.6. The van der Waals surface area contributed by atoms with Crippen LogP contribution in [0.2, 0.25) is 5.02 Å². The standard InChI is InChI=1S/C25H24ClN5O7S/c1-15-5-8-18(13-20(15)31(34)35)39(36,37)30(22-11-16(26)6-10-23(22)38-4)14-24(32)27-17-7-9-19-21(12-17)29(3)25(33)28(19)2/h5-13H,14H2,1-4H3,(H,27,32). The average molecular weight is 574 g/mol. The molecule has 0 aliphatic heterocycles. The lowest BCUT2D eigenvalue weighted by Gasteiger charge is -2.26. The number of aryl methyl sites for hydroxylation is 3. The first-order chi connectivity index (χ1) is 18.3. The van der Waals surface area contributed by atoms with E-state index in [1.165, 1.54) is 53.5 Å². The molecule has 12 nitrogen and oxygen atoms in total.